The summed E-state index contributed by atoms with van der Waals surface area (Å²) in [5, 5.41) is 6.01. The van der Waals surface area contributed by atoms with Crippen molar-refractivity contribution in [1.29, 1.82) is 0 Å². The van der Waals surface area contributed by atoms with Gasteiger partial charge in [-0.15, -0.1) is 0 Å². The van der Waals surface area contributed by atoms with Crippen LogP contribution in [0.25, 0.3) is 0 Å². The van der Waals surface area contributed by atoms with Gasteiger partial charge in [-0.05, 0) is 61.2 Å². The molecule has 0 saturated carbocycles. The van der Waals surface area contributed by atoms with Crippen LogP contribution in [0, 0.1) is 13.8 Å². The molecule has 1 aliphatic rings. The average Bonchev–Trinajstić information content (AvgIpc) is 2.85. The second kappa shape index (κ2) is 10.6. The molecule has 0 radical (unpaired) electrons. The maximum Gasteiger partial charge on any atom is 0.319 e. The number of urea groups is 1. The molecule has 0 aliphatic carbocycles. The van der Waals surface area contributed by atoms with Crippen LogP contribution in [0.4, 0.5) is 10.5 Å². The smallest absolute Gasteiger partial charge is 0.319 e. The molecule has 0 fully saturated rings. The van der Waals surface area contributed by atoms with E-state index in [2.05, 4.69) is 58.9 Å². The molecule has 2 N–H and O–H groups in total. The Bertz CT molecular complexity index is 1130. The van der Waals surface area contributed by atoms with E-state index in [0.717, 1.165) is 42.1 Å². The van der Waals surface area contributed by atoms with Gasteiger partial charge in [-0.1, -0.05) is 47.5 Å². The van der Waals surface area contributed by atoms with Crippen LogP contribution in [-0.4, -0.2) is 38.2 Å². The van der Waals surface area contributed by atoms with Crippen LogP contribution >= 0.6 is 0 Å². The Kier molecular flexibility index (Phi) is 7.38. The Morgan fingerprint density at radius 1 is 0.941 bits per heavy atom. The monoisotopic (exact) mass is 459 g/mol. The minimum atomic E-state index is -0.216. The van der Waals surface area contributed by atoms with Crippen molar-refractivity contribution in [2.24, 2.45) is 0 Å². The first-order valence-corrected chi connectivity index (χ1v) is 11.6. The highest BCUT2D eigenvalue weighted by Crippen LogP contribution is 2.38. The number of benzene rings is 3. The van der Waals surface area contributed by atoms with Crippen molar-refractivity contribution in [2.75, 3.05) is 32.6 Å². The topological polar surface area (TPSA) is 62.8 Å². The van der Waals surface area contributed by atoms with Crippen molar-refractivity contribution in [1.82, 2.24) is 10.2 Å². The van der Waals surface area contributed by atoms with Crippen molar-refractivity contribution in [3.05, 3.63) is 88.5 Å². The molecule has 2 amide bonds. The predicted molar refractivity (Wildman–Crippen MR) is 136 cm³/mol. The number of aryl methyl sites for hydroxylation is 2. The summed E-state index contributed by atoms with van der Waals surface area (Å²) >= 11 is 0. The molecule has 0 spiro atoms. The summed E-state index contributed by atoms with van der Waals surface area (Å²) in [5.74, 6) is 1.43. The maximum atomic E-state index is 12.7. The molecule has 6 nitrogen and oxygen atoms in total. The fourth-order valence-corrected chi connectivity index (χ4v) is 4.44. The number of hydrogen-bond donors (Lipinski definition) is 2. The molecule has 1 aliphatic heterocycles. The zero-order valence-electron chi connectivity index (χ0n) is 20.4. The number of hydrogen-bond acceptors (Lipinski definition) is 4. The number of carbonyl (C=O) groups excluding carboxylic acids is 1. The van der Waals surface area contributed by atoms with Crippen LogP contribution < -0.4 is 20.1 Å². The minimum absolute atomic E-state index is 0.00799. The number of fused-ring (bicyclic) bond motifs is 1. The van der Waals surface area contributed by atoms with Gasteiger partial charge >= 0.3 is 6.03 Å². The van der Waals surface area contributed by atoms with Gasteiger partial charge in [-0.2, -0.15) is 0 Å². The number of amides is 2. The van der Waals surface area contributed by atoms with Crippen molar-refractivity contribution < 1.29 is 14.3 Å². The highest BCUT2D eigenvalue weighted by molar-refractivity contribution is 5.89. The molecular formula is C28H33N3O3. The number of nitrogens with one attached hydrogen (secondary N) is 2. The lowest BCUT2D eigenvalue weighted by Crippen LogP contribution is -2.42. The fraction of sp³-hybridized carbons (Fsp3) is 0.321. The summed E-state index contributed by atoms with van der Waals surface area (Å²) in [4.78, 5) is 15.1. The van der Waals surface area contributed by atoms with E-state index < -0.39 is 0 Å². The van der Waals surface area contributed by atoms with Gasteiger partial charge in [-0.3, -0.25) is 4.90 Å². The molecule has 3 aromatic rings. The van der Waals surface area contributed by atoms with E-state index in [4.69, 9.17) is 9.47 Å². The third-order valence-corrected chi connectivity index (χ3v) is 6.39. The third kappa shape index (κ3) is 5.51. The van der Waals surface area contributed by atoms with Gasteiger partial charge in [0.25, 0.3) is 0 Å². The number of anilines is 1. The lowest BCUT2D eigenvalue weighted by Gasteiger charge is -2.38. The zero-order chi connectivity index (χ0) is 24.1. The minimum Gasteiger partial charge on any atom is -0.493 e. The summed E-state index contributed by atoms with van der Waals surface area (Å²) in [7, 11) is 3.31. The van der Waals surface area contributed by atoms with Crippen molar-refractivity contribution in [3.63, 3.8) is 0 Å². The third-order valence-electron chi connectivity index (χ3n) is 6.39. The first kappa shape index (κ1) is 23.6. The maximum absolute atomic E-state index is 12.7. The van der Waals surface area contributed by atoms with Crippen LogP contribution in [0.1, 0.15) is 33.9 Å². The highest BCUT2D eigenvalue weighted by Gasteiger charge is 2.29. The Morgan fingerprint density at radius 2 is 1.56 bits per heavy atom. The second-order valence-corrected chi connectivity index (χ2v) is 8.83. The van der Waals surface area contributed by atoms with Gasteiger partial charge < -0.3 is 20.1 Å². The van der Waals surface area contributed by atoms with Gasteiger partial charge in [0.05, 0.1) is 20.3 Å². The zero-order valence-corrected chi connectivity index (χ0v) is 20.4. The first-order valence-electron chi connectivity index (χ1n) is 11.6. The molecule has 3 aromatic carbocycles. The molecule has 178 valence electrons. The molecule has 0 bridgehead atoms. The van der Waals surface area contributed by atoms with Crippen molar-refractivity contribution >= 4 is 11.7 Å². The number of rotatable bonds is 7. The normalized spacial score (nSPS) is 15.4. The molecule has 6 heteroatoms. The molecule has 34 heavy (non-hydrogen) atoms. The van der Waals surface area contributed by atoms with E-state index in [1.54, 1.807) is 14.2 Å². The summed E-state index contributed by atoms with van der Waals surface area (Å²) < 4.78 is 11.1. The van der Waals surface area contributed by atoms with E-state index in [1.165, 1.54) is 16.7 Å². The van der Waals surface area contributed by atoms with E-state index in [-0.39, 0.29) is 12.1 Å². The van der Waals surface area contributed by atoms with Gasteiger partial charge in [0.2, 0.25) is 0 Å². The number of ether oxygens (including phenoxy) is 2. The van der Waals surface area contributed by atoms with E-state index in [1.807, 2.05) is 31.2 Å². The second-order valence-electron chi connectivity index (χ2n) is 8.83. The molecular weight excluding hydrogens is 426 g/mol. The largest absolute Gasteiger partial charge is 0.493 e. The lowest BCUT2D eigenvalue weighted by atomic mass is 9.91. The van der Waals surface area contributed by atoms with Gasteiger partial charge in [0.1, 0.15) is 0 Å². The summed E-state index contributed by atoms with van der Waals surface area (Å²) in [5.41, 5.74) is 6.81. The predicted octanol–water partition coefficient (Wildman–Crippen LogP) is 5.24. The Hall–Kier alpha value is -3.51. The van der Waals surface area contributed by atoms with Crippen LogP contribution in [0.2, 0.25) is 0 Å². The summed E-state index contributed by atoms with van der Waals surface area (Å²) in [6.07, 6.45) is 0.910. The van der Waals surface area contributed by atoms with Gasteiger partial charge in [-0.25, -0.2) is 4.79 Å². The standard InChI is InChI=1S/C28H33N3O3/c1-19-5-9-21(10-6-19)18-31-14-13-22-15-26(33-3)27(34-4)16-24(22)25(31)17-29-28(32)30-23-11-7-20(2)8-12-23/h5-12,15-16,25H,13-14,17-18H2,1-4H3,(H2,29,30,32)/t25-/m0/s1. The van der Waals surface area contributed by atoms with E-state index >= 15 is 0 Å². The quantitative estimate of drug-likeness (QED) is 0.507. The van der Waals surface area contributed by atoms with Gasteiger partial charge in [0.15, 0.2) is 11.5 Å². The lowest BCUT2D eigenvalue weighted by molar-refractivity contribution is 0.172. The van der Waals surface area contributed by atoms with Crippen LogP contribution in [0.15, 0.2) is 60.7 Å². The average molecular weight is 460 g/mol. The number of nitrogens with zero attached hydrogens (tertiary/aromatic N) is 1. The molecule has 0 saturated heterocycles. The van der Waals surface area contributed by atoms with Crippen LogP contribution in [-0.2, 0) is 13.0 Å². The first-order chi connectivity index (χ1) is 16.5. The molecule has 0 aromatic heterocycles. The van der Waals surface area contributed by atoms with Crippen molar-refractivity contribution in [2.45, 2.75) is 32.9 Å². The van der Waals surface area contributed by atoms with E-state index in [0.29, 0.717) is 12.3 Å². The molecule has 1 heterocycles. The molecule has 1 atom stereocenters. The van der Waals surface area contributed by atoms with E-state index in [9.17, 15) is 4.79 Å². The Morgan fingerprint density at radius 3 is 2.21 bits per heavy atom. The SMILES string of the molecule is COc1cc2c(cc1OC)[C@H](CNC(=O)Nc1ccc(C)cc1)N(Cc1ccc(C)cc1)CC2. The van der Waals surface area contributed by atoms with Gasteiger partial charge in [0, 0.05) is 25.3 Å². The Balaban J connectivity index is 1.56. The van der Waals surface area contributed by atoms with Crippen LogP contribution in [0.3, 0.4) is 0 Å². The summed E-state index contributed by atoms with van der Waals surface area (Å²) in [6, 6.07) is 20.3. The molecule has 4 rings (SSSR count). The number of methoxy groups -OCH3 is 2. The fourth-order valence-electron chi connectivity index (χ4n) is 4.44. The van der Waals surface area contributed by atoms with Crippen molar-refractivity contribution in [3.8, 4) is 11.5 Å². The Labute approximate surface area is 201 Å². The summed E-state index contributed by atoms with van der Waals surface area (Å²) in [6.45, 7) is 6.30. The number of carbonyl (C=O) groups is 1. The van der Waals surface area contributed by atoms with Crippen LogP contribution in [0.5, 0.6) is 11.5 Å². The molecule has 0 unspecified atom stereocenters. The highest BCUT2D eigenvalue weighted by atomic mass is 16.5.